The smallest absolute Gasteiger partial charge is 0.247 e. The number of thioether (sulfide) groups is 1. The van der Waals surface area contributed by atoms with Gasteiger partial charge >= 0.3 is 0 Å². The van der Waals surface area contributed by atoms with Gasteiger partial charge in [0.25, 0.3) is 0 Å². The first-order chi connectivity index (χ1) is 15.6. The predicted octanol–water partition coefficient (Wildman–Crippen LogP) is 4.28. The first-order valence-electron chi connectivity index (χ1n) is 9.83. The minimum Gasteiger partial charge on any atom is -0.493 e. The summed E-state index contributed by atoms with van der Waals surface area (Å²) >= 11 is 1.40. The lowest BCUT2D eigenvalue weighted by Gasteiger charge is -2.30. The van der Waals surface area contributed by atoms with E-state index in [4.69, 9.17) is 14.2 Å². The molecule has 9 heteroatoms. The molecule has 0 unspecified atom stereocenters. The van der Waals surface area contributed by atoms with Crippen LogP contribution in [0.4, 0.5) is 5.69 Å². The Balaban J connectivity index is 1.91. The minimum atomic E-state index is -0.802. The van der Waals surface area contributed by atoms with Crippen molar-refractivity contribution in [2.75, 3.05) is 24.9 Å². The summed E-state index contributed by atoms with van der Waals surface area (Å²) in [4.78, 5) is 19.0. The number of hydrogen-bond donors (Lipinski definition) is 0. The normalized spacial score (nSPS) is 14.5. The summed E-state index contributed by atoms with van der Waals surface area (Å²) in [5.74, 6) is 1.84. The molecule has 0 N–H and O–H groups in total. The molecule has 0 spiro atoms. The molecule has 0 saturated heterocycles. The number of carbonyl (C=O) groups excluding carboxylic acids is 1. The number of para-hydroxylation sites is 1. The molecule has 0 aliphatic carbocycles. The monoisotopic (exact) mass is 450 g/mol. The molecule has 0 radical (unpaired) electrons. The van der Waals surface area contributed by atoms with Crippen molar-refractivity contribution in [2.24, 2.45) is 0 Å². The third kappa shape index (κ3) is 3.99. The summed E-state index contributed by atoms with van der Waals surface area (Å²) in [6.07, 6.45) is 0.962. The van der Waals surface area contributed by atoms with Crippen LogP contribution < -0.4 is 19.1 Å². The fourth-order valence-corrected chi connectivity index (χ4v) is 3.98. The van der Waals surface area contributed by atoms with Crippen LogP contribution in [-0.2, 0) is 4.79 Å². The van der Waals surface area contributed by atoms with E-state index in [1.165, 1.54) is 18.7 Å². The molecule has 3 aromatic rings. The van der Waals surface area contributed by atoms with Crippen LogP contribution in [0, 0.1) is 0 Å². The maximum Gasteiger partial charge on any atom is 0.247 e. The van der Waals surface area contributed by atoms with Gasteiger partial charge in [-0.1, -0.05) is 36.0 Å². The Labute approximate surface area is 190 Å². The predicted molar refractivity (Wildman–Crippen MR) is 122 cm³/mol. The van der Waals surface area contributed by atoms with Crippen LogP contribution in [0.2, 0.25) is 0 Å². The van der Waals surface area contributed by atoms with Crippen LogP contribution in [0.25, 0.3) is 11.3 Å². The highest BCUT2D eigenvalue weighted by Gasteiger charge is 2.35. The van der Waals surface area contributed by atoms with Gasteiger partial charge in [0.05, 0.1) is 19.9 Å². The van der Waals surface area contributed by atoms with Gasteiger partial charge in [-0.2, -0.15) is 4.98 Å². The van der Waals surface area contributed by atoms with Gasteiger partial charge in [-0.25, -0.2) is 0 Å². The standard InChI is InChI=1S/C23H22N4O4S/c1-5-12-32-23-24-21-20(25-26-23)16-8-6-7-9-17(16)27(14(2)28)22(31-21)15-10-11-18(29-3)19(13-15)30-4/h5-11,13,22H,1,12H2,2-4H3/t22-/m1/s1. The summed E-state index contributed by atoms with van der Waals surface area (Å²) in [7, 11) is 3.13. The van der Waals surface area contributed by atoms with Crippen LogP contribution in [-0.4, -0.2) is 41.1 Å². The number of carbonyl (C=O) groups is 1. The van der Waals surface area contributed by atoms with Crippen molar-refractivity contribution >= 4 is 23.4 Å². The Morgan fingerprint density at radius 1 is 1.19 bits per heavy atom. The van der Waals surface area contributed by atoms with E-state index in [9.17, 15) is 4.79 Å². The number of anilines is 1. The van der Waals surface area contributed by atoms with Crippen LogP contribution in [0.15, 0.2) is 60.3 Å². The molecule has 1 aliphatic heterocycles. The van der Waals surface area contributed by atoms with Crippen LogP contribution >= 0.6 is 11.8 Å². The molecule has 0 bridgehead atoms. The third-order valence-corrected chi connectivity index (χ3v) is 5.71. The highest BCUT2D eigenvalue weighted by Crippen LogP contribution is 2.44. The SMILES string of the molecule is C=CCSc1nnc2c(n1)O[C@H](c1ccc(OC)c(OC)c1)N(C(C)=O)c1ccccc1-2. The highest BCUT2D eigenvalue weighted by molar-refractivity contribution is 7.99. The van der Waals surface area contributed by atoms with Crippen LogP contribution in [0.1, 0.15) is 18.7 Å². The summed E-state index contributed by atoms with van der Waals surface area (Å²) in [6.45, 7) is 5.22. The van der Waals surface area contributed by atoms with Gasteiger partial charge in [0.15, 0.2) is 17.2 Å². The van der Waals surface area contributed by atoms with E-state index in [2.05, 4.69) is 21.8 Å². The fraction of sp³-hybridized carbons (Fsp3) is 0.217. The molecule has 32 heavy (non-hydrogen) atoms. The second kappa shape index (κ2) is 9.27. The lowest BCUT2D eigenvalue weighted by molar-refractivity contribution is -0.118. The Morgan fingerprint density at radius 2 is 1.97 bits per heavy atom. The van der Waals surface area contributed by atoms with E-state index < -0.39 is 6.23 Å². The summed E-state index contributed by atoms with van der Waals surface area (Å²) in [5.41, 5.74) is 2.53. The fourth-order valence-electron chi connectivity index (χ4n) is 3.47. The van der Waals surface area contributed by atoms with Crippen molar-refractivity contribution in [3.8, 4) is 28.6 Å². The average Bonchev–Trinajstić information content (AvgIpc) is 2.96. The highest BCUT2D eigenvalue weighted by atomic mass is 32.2. The van der Waals surface area contributed by atoms with Crippen molar-refractivity contribution in [1.29, 1.82) is 0 Å². The van der Waals surface area contributed by atoms with Gasteiger partial charge < -0.3 is 14.2 Å². The zero-order valence-corrected chi connectivity index (χ0v) is 18.8. The zero-order valence-electron chi connectivity index (χ0n) is 17.9. The first kappa shape index (κ1) is 21.6. The number of ether oxygens (including phenoxy) is 3. The first-order valence-corrected chi connectivity index (χ1v) is 10.8. The van der Waals surface area contributed by atoms with E-state index in [1.807, 2.05) is 30.3 Å². The topological polar surface area (TPSA) is 86.7 Å². The Hall–Kier alpha value is -3.59. The molecular formula is C23H22N4O4S. The van der Waals surface area contributed by atoms with Crippen molar-refractivity contribution < 1.29 is 19.0 Å². The largest absolute Gasteiger partial charge is 0.493 e. The van der Waals surface area contributed by atoms with Gasteiger partial charge in [-0.15, -0.1) is 16.8 Å². The van der Waals surface area contributed by atoms with E-state index in [0.29, 0.717) is 50.8 Å². The number of hydrogen-bond acceptors (Lipinski definition) is 8. The van der Waals surface area contributed by atoms with Gasteiger partial charge in [-0.05, 0) is 24.3 Å². The molecule has 1 amide bonds. The summed E-state index contributed by atoms with van der Waals surface area (Å²) < 4.78 is 17.2. The van der Waals surface area contributed by atoms with Gasteiger partial charge in [0.2, 0.25) is 23.2 Å². The zero-order chi connectivity index (χ0) is 22.7. The van der Waals surface area contributed by atoms with Crippen LogP contribution in [0.3, 0.4) is 0 Å². The number of amides is 1. The molecule has 0 fully saturated rings. The molecule has 1 atom stereocenters. The molecule has 1 aliphatic rings. The molecule has 4 rings (SSSR count). The van der Waals surface area contributed by atoms with Crippen molar-refractivity contribution in [3.05, 3.63) is 60.7 Å². The quantitative estimate of drug-likeness (QED) is 0.406. The van der Waals surface area contributed by atoms with Crippen LogP contribution in [0.5, 0.6) is 17.4 Å². The third-order valence-electron chi connectivity index (χ3n) is 4.87. The number of fused-ring (bicyclic) bond motifs is 3. The lowest BCUT2D eigenvalue weighted by atomic mass is 10.1. The maximum absolute atomic E-state index is 12.9. The molecule has 164 valence electrons. The van der Waals surface area contributed by atoms with Gasteiger partial charge in [-0.3, -0.25) is 9.69 Å². The number of benzene rings is 2. The molecular weight excluding hydrogens is 428 g/mol. The molecule has 2 heterocycles. The number of methoxy groups -OCH3 is 2. The number of nitrogens with zero attached hydrogens (tertiary/aromatic N) is 4. The summed E-state index contributed by atoms with van der Waals surface area (Å²) in [5, 5.41) is 9.06. The summed E-state index contributed by atoms with van der Waals surface area (Å²) in [6, 6.07) is 12.9. The maximum atomic E-state index is 12.9. The van der Waals surface area contributed by atoms with E-state index in [-0.39, 0.29) is 5.91 Å². The Bertz CT molecular complexity index is 1170. The minimum absolute atomic E-state index is 0.195. The Morgan fingerprint density at radius 3 is 2.69 bits per heavy atom. The number of aromatic nitrogens is 3. The van der Waals surface area contributed by atoms with Crippen molar-refractivity contribution in [1.82, 2.24) is 15.2 Å². The van der Waals surface area contributed by atoms with Gasteiger partial charge in [0, 0.05) is 23.8 Å². The van der Waals surface area contributed by atoms with Gasteiger partial charge in [0.1, 0.15) is 0 Å². The Kier molecular flexibility index (Phi) is 6.27. The average molecular weight is 451 g/mol. The van der Waals surface area contributed by atoms with E-state index in [1.54, 1.807) is 37.3 Å². The molecule has 1 aromatic heterocycles. The second-order valence-corrected chi connectivity index (χ2v) is 7.83. The van der Waals surface area contributed by atoms with E-state index >= 15 is 0 Å². The lowest BCUT2D eigenvalue weighted by Crippen LogP contribution is -2.36. The molecule has 2 aromatic carbocycles. The number of rotatable bonds is 6. The van der Waals surface area contributed by atoms with Crippen molar-refractivity contribution in [2.45, 2.75) is 18.3 Å². The molecule has 0 saturated carbocycles. The molecule has 8 nitrogen and oxygen atoms in total. The van der Waals surface area contributed by atoms with E-state index in [0.717, 1.165) is 0 Å². The second-order valence-electron chi connectivity index (χ2n) is 6.84. The van der Waals surface area contributed by atoms with Crippen molar-refractivity contribution in [3.63, 3.8) is 0 Å².